The molecular formula is C21H24N4O. The van der Waals surface area contributed by atoms with Gasteiger partial charge in [-0.25, -0.2) is 0 Å². The molecule has 1 aromatic heterocycles. The summed E-state index contributed by atoms with van der Waals surface area (Å²) in [6.07, 6.45) is 2.07. The molecule has 4 rings (SSSR count). The van der Waals surface area contributed by atoms with E-state index in [2.05, 4.69) is 44.3 Å². The number of nitrogens with one attached hydrogen (secondary N) is 1. The molecule has 0 spiro atoms. The molecule has 5 heteroatoms. The molecule has 1 aliphatic heterocycles. The maximum Gasteiger partial charge on any atom is 0.133 e. The predicted octanol–water partition coefficient (Wildman–Crippen LogP) is 3.27. The minimum absolute atomic E-state index is 0.430. The summed E-state index contributed by atoms with van der Waals surface area (Å²) in [5.74, 6) is 3.05. The Hall–Kier alpha value is -2.66. The molecule has 5 nitrogen and oxygen atoms in total. The van der Waals surface area contributed by atoms with Gasteiger partial charge in [0.05, 0.1) is 0 Å². The van der Waals surface area contributed by atoms with Crippen molar-refractivity contribution in [1.29, 1.82) is 0 Å². The van der Waals surface area contributed by atoms with Crippen LogP contribution in [0.3, 0.4) is 0 Å². The Kier molecular flexibility index (Phi) is 4.97. The number of aryl methyl sites for hydroxylation is 2. The van der Waals surface area contributed by atoms with Crippen molar-refractivity contribution >= 4 is 0 Å². The zero-order valence-corrected chi connectivity index (χ0v) is 15.1. The number of ether oxygens (including phenoxy) is 1. The zero-order valence-electron chi connectivity index (χ0n) is 15.1. The van der Waals surface area contributed by atoms with Crippen molar-refractivity contribution in [2.45, 2.75) is 45.5 Å². The number of hydrogen-bond donors (Lipinski definition) is 1. The zero-order chi connectivity index (χ0) is 17.8. The molecule has 26 heavy (non-hydrogen) atoms. The van der Waals surface area contributed by atoms with Crippen molar-refractivity contribution in [2.24, 2.45) is 0 Å². The highest BCUT2D eigenvalue weighted by Crippen LogP contribution is 2.21. The van der Waals surface area contributed by atoms with Gasteiger partial charge < -0.3 is 14.6 Å². The standard InChI is InChI=1S/C21H24N4O/c1-16-23-24-21-12-11-19(14-25(16)21)22-13-18-9-5-6-10-20(18)26-15-17-7-3-2-4-8-17/h2-10,19,22H,11-15H2,1H3/t19-/m1/s1. The molecule has 2 aromatic carbocycles. The molecule has 1 atom stereocenters. The summed E-state index contributed by atoms with van der Waals surface area (Å²) in [5, 5.41) is 12.1. The Labute approximate surface area is 154 Å². The SMILES string of the molecule is Cc1nnc2n1C[C@H](NCc1ccccc1OCc1ccccc1)CC2. The normalized spacial score (nSPS) is 16.3. The maximum absolute atomic E-state index is 6.06. The van der Waals surface area contributed by atoms with Crippen LogP contribution in [0.15, 0.2) is 54.6 Å². The number of benzene rings is 2. The summed E-state index contributed by atoms with van der Waals surface area (Å²) in [6.45, 7) is 4.34. The molecule has 0 radical (unpaired) electrons. The van der Waals surface area contributed by atoms with E-state index in [1.165, 1.54) is 11.1 Å². The number of aromatic nitrogens is 3. The molecule has 134 valence electrons. The third-order valence-electron chi connectivity index (χ3n) is 4.92. The number of rotatable bonds is 6. The molecule has 0 fully saturated rings. The third-order valence-corrected chi connectivity index (χ3v) is 4.92. The van der Waals surface area contributed by atoms with Crippen molar-refractivity contribution < 1.29 is 4.74 Å². The Bertz CT molecular complexity index is 859. The average molecular weight is 348 g/mol. The van der Waals surface area contributed by atoms with Crippen molar-refractivity contribution in [3.05, 3.63) is 77.4 Å². The van der Waals surface area contributed by atoms with E-state index in [1.807, 2.05) is 37.3 Å². The van der Waals surface area contributed by atoms with E-state index >= 15 is 0 Å². The van der Waals surface area contributed by atoms with Gasteiger partial charge in [-0.3, -0.25) is 0 Å². The smallest absolute Gasteiger partial charge is 0.133 e. The first-order chi connectivity index (χ1) is 12.8. The molecule has 0 saturated heterocycles. The van der Waals surface area contributed by atoms with E-state index in [1.54, 1.807) is 0 Å². The summed E-state index contributed by atoms with van der Waals surface area (Å²) in [4.78, 5) is 0. The molecular weight excluding hydrogens is 324 g/mol. The second-order valence-corrected chi connectivity index (χ2v) is 6.77. The van der Waals surface area contributed by atoms with E-state index < -0.39 is 0 Å². The van der Waals surface area contributed by atoms with Gasteiger partial charge in [0.15, 0.2) is 0 Å². The molecule has 1 aliphatic rings. The summed E-state index contributed by atoms with van der Waals surface area (Å²) in [5.41, 5.74) is 2.37. The lowest BCUT2D eigenvalue weighted by atomic mass is 10.1. The van der Waals surface area contributed by atoms with Crippen molar-refractivity contribution in [1.82, 2.24) is 20.1 Å². The lowest BCUT2D eigenvalue weighted by Gasteiger charge is -2.25. The fourth-order valence-electron chi connectivity index (χ4n) is 3.41. The summed E-state index contributed by atoms with van der Waals surface area (Å²) >= 11 is 0. The first-order valence-electron chi connectivity index (χ1n) is 9.16. The van der Waals surface area contributed by atoms with E-state index in [-0.39, 0.29) is 0 Å². The number of fused-ring (bicyclic) bond motifs is 1. The maximum atomic E-state index is 6.06. The Balaban J connectivity index is 1.37. The molecule has 0 bridgehead atoms. The van der Waals surface area contributed by atoms with Crippen LogP contribution in [0, 0.1) is 6.92 Å². The predicted molar refractivity (Wildman–Crippen MR) is 101 cm³/mol. The van der Waals surface area contributed by atoms with Crippen LogP contribution < -0.4 is 10.1 Å². The average Bonchev–Trinajstić information content (AvgIpc) is 3.06. The number of nitrogens with zero attached hydrogens (tertiary/aromatic N) is 3. The molecule has 3 aromatic rings. The lowest BCUT2D eigenvalue weighted by Crippen LogP contribution is -2.37. The fourth-order valence-corrected chi connectivity index (χ4v) is 3.41. The largest absolute Gasteiger partial charge is 0.489 e. The van der Waals surface area contributed by atoms with Gasteiger partial charge in [-0.05, 0) is 25.0 Å². The van der Waals surface area contributed by atoms with Crippen molar-refractivity contribution in [2.75, 3.05) is 0 Å². The van der Waals surface area contributed by atoms with Gasteiger partial charge in [0, 0.05) is 31.1 Å². The highest BCUT2D eigenvalue weighted by Gasteiger charge is 2.21. The van der Waals surface area contributed by atoms with Gasteiger partial charge in [-0.1, -0.05) is 48.5 Å². The van der Waals surface area contributed by atoms with Gasteiger partial charge in [0.25, 0.3) is 0 Å². The minimum atomic E-state index is 0.430. The first kappa shape index (κ1) is 16.8. The number of hydrogen-bond acceptors (Lipinski definition) is 4. The molecule has 1 N–H and O–H groups in total. The van der Waals surface area contributed by atoms with Crippen LogP contribution in [-0.4, -0.2) is 20.8 Å². The van der Waals surface area contributed by atoms with E-state index in [0.29, 0.717) is 12.6 Å². The van der Waals surface area contributed by atoms with Gasteiger partial charge >= 0.3 is 0 Å². The summed E-state index contributed by atoms with van der Waals surface area (Å²) < 4.78 is 8.28. The molecule has 0 aliphatic carbocycles. The Morgan fingerprint density at radius 1 is 1.08 bits per heavy atom. The molecule has 0 unspecified atom stereocenters. The highest BCUT2D eigenvalue weighted by atomic mass is 16.5. The first-order valence-corrected chi connectivity index (χ1v) is 9.16. The highest BCUT2D eigenvalue weighted by molar-refractivity contribution is 5.33. The summed E-state index contributed by atoms with van der Waals surface area (Å²) in [6, 6.07) is 19.0. The van der Waals surface area contributed by atoms with Crippen LogP contribution in [0.2, 0.25) is 0 Å². The van der Waals surface area contributed by atoms with Crippen LogP contribution in [0.25, 0.3) is 0 Å². The Morgan fingerprint density at radius 3 is 2.77 bits per heavy atom. The van der Waals surface area contributed by atoms with Crippen LogP contribution in [0.1, 0.15) is 29.2 Å². The van der Waals surface area contributed by atoms with Crippen molar-refractivity contribution in [3.63, 3.8) is 0 Å². The van der Waals surface area contributed by atoms with Gasteiger partial charge in [0.2, 0.25) is 0 Å². The monoisotopic (exact) mass is 348 g/mol. The number of para-hydroxylation sites is 1. The van der Waals surface area contributed by atoms with Gasteiger partial charge in [-0.15, -0.1) is 10.2 Å². The molecule has 0 amide bonds. The van der Waals surface area contributed by atoms with E-state index in [0.717, 1.165) is 43.3 Å². The third kappa shape index (κ3) is 3.78. The van der Waals surface area contributed by atoms with E-state index in [4.69, 9.17) is 4.74 Å². The van der Waals surface area contributed by atoms with Gasteiger partial charge in [0.1, 0.15) is 24.0 Å². The lowest BCUT2D eigenvalue weighted by molar-refractivity contribution is 0.300. The molecule has 0 saturated carbocycles. The Morgan fingerprint density at radius 2 is 1.88 bits per heavy atom. The second kappa shape index (κ2) is 7.70. The molecule has 2 heterocycles. The minimum Gasteiger partial charge on any atom is -0.489 e. The quantitative estimate of drug-likeness (QED) is 0.743. The fraction of sp³-hybridized carbons (Fsp3) is 0.333. The topological polar surface area (TPSA) is 52.0 Å². The van der Waals surface area contributed by atoms with Crippen LogP contribution >= 0.6 is 0 Å². The van der Waals surface area contributed by atoms with Crippen molar-refractivity contribution in [3.8, 4) is 5.75 Å². The second-order valence-electron chi connectivity index (χ2n) is 6.77. The van der Waals surface area contributed by atoms with Crippen LogP contribution in [0.4, 0.5) is 0 Å². The van der Waals surface area contributed by atoms with E-state index in [9.17, 15) is 0 Å². The summed E-state index contributed by atoms with van der Waals surface area (Å²) in [7, 11) is 0. The van der Waals surface area contributed by atoms with Gasteiger partial charge in [-0.2, -0.15) is 0 Å². The van der Waals surface area contributed by atoms with Crippen LogP contribution in [0.5, 0.6) is 5.75 Å². The van der Waals surface area contributed by atoms with Crippen LogP contribution in [-0.2, 0) is 26.1 Å².